The number of hydrogen-bond donors (Lipinski definition) is 1. The molecule has 1 fully saturated rings. The number of aromatic nitrogens is 2. The fourth-order valence-corrected chi connectivity index (χ4v) is 3.78. The Hall–Kier alpha value is -3.19. The van der Waals surface area contributed by atoms with Crippen LogP contribution in [0.1, 0.15) is 18.4 Å². The van der Waals surface area contributed by atoms with Gasteiger partial charge in [-0.1, -0.05) is 29.8 Å². The zero-order valence-electron chi connectivity index (χ0n) is 17.0. The van der Waals surface area contributed by atoms with Gasteiger partial charge in [0.15, 0.2) is 5.82 Å². The fraction of sp³-hybridized carbons (Fsp3) is 0.261. The third-order valence-electron chi connectivity index (χ3n) is 5.30. The summed E-state index contributed by atoms with van der Waals surface area (Å²) < 4.78 is 19.2. The molecule has 0 bridgehead atoms. The highest BCUT2D eigenvalue weighted by atomic mass is 35.5. The van der Waals surface area contributed by atoms with E-state index in [0.717, 1.165) is 11.3 Å². The Bertz CT molecular complexity index is 1090. The van der Waals surface area contributed by atoms with Crippen LogP contribution in [-0.4, -0.2) is 29.0 Å². The molecule has 8 heteroatoms. The van der Waals surface area contributed by atoms with E-state index in [-0.39, 0.29) is 16.8 Å². The summed E-state index contributed by atoms with van der Waals surface area (Å²) in [7, 11) is 0. The maximum Gasteiger partial charge on any atom is 0.263 e. The number of nitrogens with zero attached hydrogens (tertiary/aromatic N) is 3. The summed E-state index contributed by atoms with van der Waals surface area (Å²) in [5.41, 5.74) is 1.42. The zero-order chi connectivity index (χ0) is 21.8. The van der Waals surface area contributed by atoms with Crippen molar-refractivity contribution in [3.8, 4) is 11.6 Å². The van der Waals surface area contributed by atoms with E-state index in [1.807, 2.05) is 31.2 Å². The van der Waals surface area contributed by atoms with E-state index >= 15 is 0 Å². The van der Waals surface area contributed by atoms with Crippen molar-refractivity contribution >= 4 is 29.0 Å². The van der Waals surface area contributed by atoms with Crippen LogP contribution >= 0.6 is 11.6 Å². The number of nitrogens with one attached hydrogen (secondary N) is 1. The van der Waals surface area contributed by atoms with Gasteiger partial charge >= 0.3 is 0 Å². The second-order valence-electron chi connectivity index (χ2n) is 7.43. The fourth-order valence-electron chi connectivity index (χ4n) is 3.56. The molecule has 0 radical (unpaired) electrons. The number of amides is 1. The molecule has 4 rings (SSSR count). The minimum Gasteiger partial charge on any atom is -0.436 e. The Balaban J connectivity index is 1.41. The van der Waals surface area contributed by atoms with Crippen molar-refractivity contribution in [2.45, 2.75) is 19.8 Å². The molecule has 0 atom stereocenters. The van der Waals surface area contributed by atoms with Gasteiger partial charge in [-0.25, -0.2) is 14.4 Å². The standard InChI is InChI=1S/C23H22ClFN4O2/c1-15-4-2-3-5-20(15)31-23-21(26-10-11-27-23)29-12-8-16(9-13-29)22(30)28-19-7-6-17(25)14-18(19)24/h2-7,10-11,14,16H,8-9,12-13H2,1H3,(H,28,30). The molecule has 31 heavy (non-hydrogen) atoms. The summed E-state index contributed by atoms with van der Waals surface area (Å²) in [5.74, 6) is 1.10. The lowest BCUT2D eigenvalue weighted by Gasteiger charge is -2.32. The molecule has 2 heterocycles. The summed E-state index contributed by atoms with van der Waals surface area (Å²) in [6, 6.07) is 11.7. The van der Waals surface area contributed by atoms with Crippen LogP contribution < -0.4 is 15.0 Å². The Kier molecular flexibility index (Phi) is 6.32. The second kappa shape index (κ2) is 9.31. The van der Waals surface area contributed by atoms with Gasteiger partial charge in [0.2, 0.25) is 5.91 Å². The molecule has 0 saturated carbocycles. The summed E-state index contributed by atoms with van der Waals surface area (Å²) in [5, 5.41) is 2.99. The van der Waals surface area contributed by atoms with Gasteiger partial charge in [0.25, 0.3) is 5.88 Å². The molecule has 1 aromatic heterocycles. The maximum atomic E-state index is 13.2. The van der Waals surface area contributed by atoms with Crippen LogP contribution in [0.3, 0.4) is 0 Å². The molecular formula is C23H22ClFN4O2. The van der Waals surface area contributed by atoms with E-state index in [0.29, 0.717) is 43.3 Å². The van der Waals surface area contributed by atoms with E-state index in [1.54, 1.807) is 12.4 Å². The Morgan fingerprint density at radius 2 is 1.90 bits per heavy atom. The summed E-state index contributed by atoms with van der Waals surface area (Å²) in [4.78, 5) is 23.6. The number of rotatable bonds is 5. The quantitative estimate of drug-likeness (QED) is 0.588. The van der Waals surface area contributed by atoms with E-state index in [9.17, 15) is 9.18 Å². The summed E-state index contributed by atoms with van der Waals surface area (Å²) in [6.07, 6.45) is 4.52. The first-order valence-electron chi connectivity index (χ1n) is 10.1. The van der Waals surface area contributed by atoms with Gasteiger partial charge in [-0.2, -0.15) is 0 Å². The minimum atomic E-state index is -0.441. The normalized spacial score (nSPS) is 14.4. The topological polar surface area (TPSA) is 67.4 Å². The van der Waals surface area contributed by atoms with Crippen molar-refractivity contribution in [1.82, 2.24) is 9.97 Å². The lowest BCUT2D eigenvalue weighted by Crippen LogP contribution is -2.38. The average Bonchev–Trinajstić information content (AvgIpc) is 2.78. The van der Waals surface area contributed by atoms with Crippen molar-refractivity contribution in [1.29, 1.82) is 0 Å². The average molecular weight is 441 g/mol. The van der Waals surface area contributed by atoms with Gasteiger partial charge in [-0.3, -0.25) is 4.79 Å². The summed E-state index contributed by atoms with van der Waals surface area (Å²) >= 11 is 6.02. The first-order valence-corrected chi connectivity index (χ1v) is 10.4. The predicted molar refractivity (Wildman–Crippen MR) is 118 cm³/mol. The zero-order valence-corrected chi connectivity index (χ0v) is 17.8. The van der Waals surface area contributed by atoms with Crippen LogP contribution in [0.2, 0.25) is 5.02 Å². The molecule has 2 aromatic carbocycles. The van der Waals surface area contributed by atoms with Crippen molar-refractivity contribution in [3.05, 3.63) is 71.3 Å². The van der Waals surface area contributed by atoms with Gasteiger partial charge < -0.3 is 15.0 Å². The molecule has 1 amide bonds. The predicted octanol–water partition coefficient (Wildman–Crippen LogP) is 5.22. The molecule has 160 valence electrons. The molecule has 1 aliphatic heterocycles. The van der Waals surface area contributed by atoms with E-state index in [2.05, 4.69) is 20.2 Å². The molecule has 1 N–H and O–H groups in total. The Morgan fingerprint density at radius 3 is 2.65 bits per heavy atom. The van der Waals surface area contributed by atoms with E-state index in [1.165, 1.54) is 18.2 Å². The second-order valence-corrected chi connectivity index (χ2v) is 7.83. The molecule has 3 aromatic rings. The summed E-state index contributed by atoms with van der Waals surface area (Å²) in [6.45, 7) is 3.25. The van der Waals surface area contributed by atoms with Gasteiger partial charge in [0.05, 0.1) is 10.7 Å². The molecular weight excluding hydrogens is 419 g/mol. The number of aryl methyl sites for hydroxylation is 1. The number of anilines is 2. The van der Waals surface area contributed by atoms with Gasteiger partial charge in [0, 0.05) is 31.4 Å². The monoisotopic (exact) mass is 440 g/mol. The van der Waals surface area contributed by atoms with Gasteiger partial charge in [-0.15, -0.1) is 0 Å². The largest absolute Gasteiger partial charge is 0.436 e. The third kappa shape index (κ3) is 4.94. The van der Waals surface area contributed by atoms with Crippen LogP contribution in [0.5, 0.6) is 11.6 Å². The van der Waals surface area contributed by atoms with Crippen LogP contribution in [0.4, 0.5) is 15.9 Å². The molecule has 6 nitrogen and oxygen atoms in total. The first-order chi connectivity index (χ1) is 15.0. The lowest BCUT2D eigenvalue weighted by molar-refractivity contribution is -0.120. The van der Waals surface area contributed by atoms with Crippen molar-refractivity contribution in [2.75, 3.05) is 23.3 Å². The Morgan fingerprint density at radius 1 is 1.16 bits per heavy atom. The molecule has 0 spiro atoms. The lowest BCUT2D eigenvalue weighted by atomic mass is 9.96. The highest BCUT2D eigenvalue weighted by Gasteiger charge is 2.28. The first kappa shape index (κ1) is 21.1. The van der Waals surface area contributed by atoms with Crippen molar-refractivity contribution < 1.29 is 13.9 Å². The van der Waals surface area contributed by atoms with Crippen molar-refractivity contribution in [2.24, 2.45) is 5.92 Å². The highest BCUT2D eigenvalue weighted by molar-refractivity contribution is 6.33. The number of hydrogen-bond acceptors (Lipinski definition) is 5. The number of para-hydroxylation sites is 1. The number of halogens is 2. The van der Waals surface area contributed by atoms with Crippen LogP contribution in [0, 0.1) is 18.7 Å². The number of carbonyl (C=O) groups excluding carboxylic acids is 1. The van der Waals surface area contributed by atoms with Crippen LogP contribution in [0.15, 0.2) is 54.9 Å². The number of carbonyl (C=O) groups is 1. The molecule has 1 aliphatic rings. The van der Waals surface area contributed by atoms with Gasteiger partial charge in [-0.05, 0) is 49.6 Å². The molecule has 0 unspecified atom stereocenters. The van der Waals surface area contributed by atoms with Gasteiger partial charge in [0.1, 0.15) is 11.6 Å². The highest BCUT2D eigenvalue weighted by Crippen LogP contribution is 2.32. The number of ether oxygens (including phenoxy) is 1. The SMILES string of the molecule is Cc1ccccc1Oc1nccnc1N1CCC(C(=O)Nc2ccc(F)cc2Cl)CC1. The smallest absolute Gasteiger partial charge is 0.263 e. The minimum absolute atomic E-state index is 0.122. The van der Waals surface area contributed by atoms with E-state index in [4.69, 9.17) is 16.3 Å². The third-order valence-corrected chi connectivity index (χ3v) is 5.61. The van der Waals surface area contributed by atoms with Crippen LogP contribution in [-0.2, 0) is 4.79 Å². The van der Waals surface area contributed by atoms with Crippen LogP contribution in [0.25, 0.3) is 0 Å². The number of benzene rings is 2. The van der Waals surface area contributed by atoms with Crippen molar-refractivity contribution in [3.63, 3.8) is 0 Å². The maximum absolute atomic E-state index is 13.2. The number of piperidine rings is 1. The molecule has 1 saturated heterocycles. The van der Waals surface area contributed by atoms with E-state index < -0.39 is 5.82 Å². The molecule has 0 aliphatic carbocycles. The Labute approximate surface area is 185 Å².